The molecule has 0 unspecified atom stereocenters. The van der Waals surface area contributed by atoms with E-state index in [4.69, 9.17) is 0 Å². The molecule has 1 saturated carbocycles. The van der Waals surface area contributed by atoms with Gasteiger partial charge in [-0.25, -0.2) is 4.98 Å². The van der Waals surface area contributed by atoms with Gasteiger partial charge in [-0.3, -0.25) is 0 Å². The highest BCUT2D eigenvalue weighted by Gasteiger charge is 2.27. The highest BCUT2D eigenvalue weighted by Crippen LogP contribution is 2.33. The van der Waals surface area contributed by atoms with Crippen LogP contribution in [0.15, 0.2) is 18.3 Å². The van der Waals surface area contributed by atoms with Gasteiger partial charge in [0.05, 0.1) is 6.10 Å². The molecule has 1 aliphatic carbocycles. The van der Waals surface area contributed by atoms with Crippen LogP contribution < -0.4 is 4.90 Å². The molecule has 0 aromatic carbocycles. The molecule has 17 heavy (non-hydrogen) atoms. The minimum Gasteiger partial charge on any atom is -0.389 e. The lowest BCUT2D eigenvalue weighted by molar-refractivity contribution is 0.199. The monoisotopic (exact) mass is 234 g/mol. The Labute approximate surface area is 103 Å². The molecule has 0 saturated heterocycles. The van der Waals surface area contributed by atoms with Gasteiger partial charge in [0.1, 0.15) is 5.82 Å². The third kappa shape index (κ3) is 2.97. The molecule has 1 aliphatic rings. The van der Waals surface area contributed by atoms with E-state index < -0.39 is 6.10 Å². The molecule has 0 radical (unpaired) electrons. The fraction of sp³-hybridized carbons (Fsp3) is 0.643. The zero-order valence-corrected chi connectivity index (χ0v) is 10.9. The summed E-state index contributed by atoms with van der Waals surface area (Å²) in [6.07, 6.45) is 4.02. The third-order valence-corrected chi connectivity index (χ3v) is 3.31. The minimum absolute atomic E-state index is 0.419. The van der Waals surface area contributed by atoms with Crippen LogP contribution in [-0.2, 0) is 0 Å². The first kappa shape index (κ1) is 12.4. The van der Waals surface area contributed by atoms with E-state index in [-0.39, 0.29) is 0 Å². The standard InChI is InChI=1S/C14H22N2O/c1-10(2)16(9-12-6-7-12)14-13(11(3)17)5-4-8-15-14/h4-5,8,10-12,17H,6-7,9H2,1-3H3/t11-/m0/s1. The Balaban J connectivity index is 2.27. The van der Waals surface area contributed by atoms with E-state index in [1.807, 2.05) is 18.3 Å². The van der Waals surface area contributed by atoms with E-state index in [2.05, 4.69) is 23.7 Å². The molecule has 2 rings (SSSR count). The molecule has 3 nitrogen and oxygen atoms in total. The van der Waals surface area contributed by atoms with Gasteiger partial charge in [-0.1, -0.05) is 6.07 Å². The van der Waals surface area contributed by atoms with Gasteiger partial charge in [0.2, 0.25) is 0 Å². The lowest BCUT2D eigenvalue weighted by Gasteiger charge is -2.30. The smallest absolute Gasteiger partial charge is 0.134 e. The Kier molecular flexibility index (Phi) is 3.67. The number of hydrogen-bond donors (Lipinski definition) is 1. The molecule has 1 aromatic rings. The quantitative estimate of drug-likeness (QED) is 0.851. The maximum absolute atomic E-state index is 9.82. The SMILES string of the molecule is CC(C)N(CC1CC1)c1ncccc1[C@H](C)O. The molecule has 1 atom stereocenters. The van der Waals surface area contributed by atoms with Gasteiger partial charge in [-0.2, -0.15) is 0 Å². The molecule has 3 heteroatoms. The molecule has 0 spiro atoms. The largest absolute Gasteiger partial charge is 0.389 e. The van der Waals surface area contributed by atoms with Crippen LogP contribution in [-0.4, -0.2) is 22.7 Å². The average molecular weight is 234 g/mol. The van der Waals surface area contributed by atoms with Crippen LogP contribution in [0.1, 0.15) is 45.3 Å². The number of aliphatic hydroxyl groups is 1. The van der Waals surface area contributed by atoms with E-state index in [1.54, 1.807) is 6.92 Å². The van der Waals surface area contributed by atoms with Crippen LogP contribution in [0.25, 0.3) is 0 Å². The maximum Gasteiger partial charge on any atom is 0.134 e. The molecule has 1 fully saturated rings. The lowest BCUT2D eigenvalue weighted by Crippen LogP contribution is -2.34. The van der Waals surface area contributed by atoms with Gasteiger partial charge in [-0.15, -0.1) is 0 Å². The van der Waals surface area contributed by atoms with Crippen LogP contribution in [0.5, 0.6) is 0 Å². The van der Waals surface area contributed by atoms with Gasteiger partial charge in [0, 0.05) is 24.3 Å². The van der Waals surface area contributed by atoms with Gasteiger partial charge in [0.25, 0.3) is 0 Å². The summed E-state index contributed by atoms with van der Waals surface area (Å²) >= 11 is 0. The zero-order chi connectivity index (χ0) is 12.4. The van der Waals surface area contributed by atoms with E-state index in [1.165, 1.54) is 12.8 Å². The highest BCUT2D eigenvalue weighted by atomic mass is 16.3. The van der Waals surface area contributed by atoms with Crippen molar-refractivity contribution in [3.63, 3.8) is 0 Å². The van der Waals surface area contributed by atoms with Crippen LogP contribution in [0.4, 0.5) is 5.82 Å². The summed E-state index contributed by atoms with van der Waals surface area (Å²) in [6, 6.07) is 4.28. The number of nitrogens with zero attached hydrogens (tertiary/aromatic N) is 2. The second-order valence-corrected chi connectivity index (χ2v) is 5.28. The van der Waals surface area contributed by atoms with E-state index in [0.717, 1.165) is 23.8 Å². The topological polar surface area (TPSA) is 36.4 Å². The predicted octanol–water partition coefficient (Wildman–Crippen LogP) is 2.76. The predicted molar refractivity (Wildman–Crippen MR) is 70.1 cm³/mol. The van der Waals surface area contributed by atoms with Crippen molar-refractivity contribution in [1.82, 2.24) is 4.98 Å². The first-order chi connectivity index (χ1) is 8.09. The van der Waals surface area contributed by atoms with E-state index in [0.29, 0.717) is 6.04 Å². The van der Waals surface area contributed by atoms with E-state index >= 15 is 0 Å². The van der Waals surface area contributed by atoms with E-state index in [9.17, 15) is 5.11 Å². The summed E-state index contributed by atoms with van der Waals surface area (Å²) in [5, 5.41) is 9.82. The van der Waals surface area contributed by atoms with Crippen LogP contribution in [0.3, 0.4) is 0 Å². The average Bonchev–Trinajstić information content (AvgIpc) is 3.09. The Bertz CT molecular complexity index is 372. The number of rotatable bonds is 5. The molecular weight excluding hydrogens is 212 g/mol. The Morgan fingerprint density at radius 1 is 1.41 bits per heavy atom. The summed E-state index contributed by atoms with van der Waals surface area (Å²) in [5.41, 5.74) is 0.932. The van der Waals surface area contributed by atoms with Crippen molar-refractivity contribution in [2.75, 3.05) is 11.4 Å². The van der Waals surface area contributed by atoms with Gasteiger partial charge in [-0.05, 0) is 45.6 Å². The summed E-state index contributed by atoms with van der Waals surface area (Å²) < 4.78 is 0. The summed E-state index contributed by atoms with van der Waals surface area (Å²) in [7, 11) is 0. The van der Waals surface area contributed by atoms with Crippen molar-refractivity contribution >= 4 is 5.82 Å². The van der Waals surface area contributed by atoms with Crippen molar-refractivity contribution in [1.29, 1.82) is 0 Å². The van der Waals surface area contributed by atoms with Crippen molar-refractivity contribution in [2.24, 2.45) is 5.92 Å². The van der Waals surface area contributed by atoms with Gasteiger partial charge >= 0.3 is 0 Å². The number of aromatic nitrogens is 1. The molecule has 1 heterocycles. The number of anilines is 1. The number of hydrogen-bond acceptors (Lipinski definition) is 3. The lowest BCUT2D eigenvalue weighted by atomic mass is 10.1. The first-order valence-corrected chi connectivity index (χ1v) is 6.49. The molecule has 0 amide bonds. The summed E-state index contributed by atoms with van der Waals surface area (Å²) in [5.74, 6) is 1.77. The zero-order valence-electron chi connectivity index (χ0n) is 10.9. The van der Waals surface area contributed by atoms with Gasteiger partial charge < -0.3 is 10.0 Å². The first-order valence-electron chi connectivity index (χ1n) is 6.49. The fourth-order valence-electron chi connectivity index (χ4n) is 2.10. The van der Waals surface area contributed by atoms with Crippen molar-refractivity contribution in [3.05, 3.63) is 23.9 Å². The highest BCUT2D eigenvalue weighted by molar-refractivity contribution is 5.48. The Hall–Kier alpha value is -1.09. The van der Waals surface area contributed by atoms with Crippen molar-refractivity contribution < 1.29 is 5.11 Å². The minimum atomic E-state index is -0.459. The molecule has 94 valence electrons. The molecule has 1 aromatic heterocycles. The van der Waals surface area contributed by atoms with Crippen LogP contribution in [0.2, 0.25) is 0 Å². The Morgan fingerprint density at radius 3 is 2.65 bits per heavy atom. The summed E-state index contributed by atoms with van der Waals surface area (Å²) in [4.78, 5) is 6.79. The summed E-state index contributed by atoms with van der Waals surface area (Å²) in [6.45, 7) is 7.23. The second kappa shape index (κ2) is 5.05. The third-order valence-electron chi connectivity index (χ3n) is 3.31. The molecule has 0 aliphatic heterocycles. The second-order valence-electron chi connectivity index (χ2n) is 5.28. The van der Waals surface area contributed by atoms with Gasteiger partial charge in [0.15, 0.2) is 0 Å². The normalized spacial score (nSPS) is 17.2. The van der Waals surface area contributed by atoms with Crippen LogP contribution >= 0.6 is 0 Å². The molecule has 1 N–H and O–H groups in total. The number of pyridine rings is 1. The number of aliphatic hydroxyl groups excluding tert-OH is 1. The van der Waals surface area contributed by atoms with Crippen molar-refractivity contribution in [2.45, 2.75) is 45.8 Å². The fourth-order valence-corrected chi connectivity index (χ4v) is 2.10. The molecular formula is C14H22N2O. The maximum atomic E-state index is 9.82. The molecule has 0 bridgehead atoms. The van der Waals surface area contributed by atoms with Crippen LogP contribution in [0, 0.1) is 5.92 Å². The Morgan fingerprint density at radius 2 is 2.12 bits per heavy atom. The van der Waals surface area contributed by atoms with Crippen molar-refractivity contribution in [3.8, 4) is 0 Å².